The van der Waals surface area contributed by atoms with E-state index < -0.39 is 5.97 Å². The maximum Gasteiger partial charge on any atom is 0.306 e. The Morgan fingerprint density at radius 2 is 1.75 bits per heavy atom. The molecule has 0 aliphatic heterocycles. The topological polar surface area (TPSA) is 37.3 Å². The molecule has 0 amide bonds. The molecule has 1 aromatic rings. The number of hydrogen-bond acceptors (Lipinski definition) is 1. The molecule has 1 atom stereocenters. The molecule has 2 heteroatoms. The van der Waals surface area contributed by atoms with E-state index in [1.165, 1.54) is 5.56 Å². The van der Waals surface area contributed by atoms with E-state index in [9.17, 15) is 4.79 Å². The molecule has 0 radical (unpaired) electrons. The van der Waals surface area contributed by atoms with Gasteiger partial charge in [-0.25, -0.2) is 0 Å². The van der Waals surface area contributed by atoms with Crippen molar-refractivity contribution in [1.82, 2.24) is 0 Å². The van der Waals surface area contributed by atoms with Gasteiger partial charge < -0.3 is 5.11 Å². The zero-order valence-electron chi connectivity index (χ0n) is 10.4. The van der Waals surface area contributed by atoms with Crippen LogP contribution in [0.25, 0.3) is 0 Å². The fourth-order valence-electron chi connectivity index (χ4n) is 1.58. The number of aliphatic carboxylic acids is 1. The molecule has 1 N–H and O–H groups in total. The Kier molecular flexibility index (Phi) is 3.74. The van der Waals surface area contributed by atoms with Crippen molar-refractivity contribution in [3.63, 3.8) is 0 Å². The first kappa shape index (κ1) is 12.8. The van der Waals surface area contributed by atoms with Gasteiger partial charge in [-0.2, -0.15) is 0 Å². The van der Waals surface area contributed by atoms with Gasteiger partial charge >= 0.3 is 5.97 Å². The van der Waals surface area contributed by atoms with Crippen LogP contribution in [0.2, 0.25) is 0 Å². The lowest BCUT2D eigenvalue weighted by Gasteiger charge is -2.19. The molecule has 16 heavy (non-hydrogen) atoms. The van der Waals surface area contributed by atoms with Crippen LogP contribution in [-0.4, -0.2) is 11.1 Å². The van der Waals surface area contributed by atoms with Crippen molar-refractivity contribution < 1.29 is 9.90 Å². The number of carbonyl (C=O) groups is 1. The molecule has 1 rings (SSSR count). The normalized spacial score (nSPS) is 13.5. The lowest BCUT2D eigenvalue weighted by Crippen LogP contribution is -2.13. The maximum atomic E-state index is 10.7. The van der Waals surface area contributed by atoms with Gasteiger partial charge in [0.05, 0.1) is 5.92 Å². The SMILES string of the molecule is CC(Cc1ccc(C(C)(C)C)cc1)C(=O)O. The summed E-state index contributed by atoms with van der Waals surface area (Å²) in [6, 6.07) is 8.23. The minimum absolute atomic E-state index is 0.150. The van der Waals surface area contributed by atoms with Crippen LogP contribution >= 0.6 is 0 Å². The second kappa shape index (κ2) is 4.69. The average molecular weight is 220 g/mol. The van der Waals surface area contributed by atoms with Crippen LogP contribution < -0.4 is 0 Å². The van der Waals surface area contributed by atoms with E-state index in [0.29, 0.717) is 6.42 Å². The third-order valence-corrected chi connectivity index (χ3v) is 2.78. The molecule has 2 nitrogen and oxygen atoms in total. The van der Waals surface area contributed by atoms with Gasteiger partial charge in [-0.05, 0) is 23.0 Å². The van der Waals surface area contributed by atoms with E-state index >= 15 is 0 Å². The Morgan fingerprint density at radius 1 is 1.25 bits per heavy atom. The summed E-state index contributed by atoms with van der Waals surface area (Å²) in [5.41, 5.74) is 2.51. The van der Waals surface area contributed by atoms with Gasteiger partial charge in [-0.1, -0.05) is 52.0 Å². The third-order valence-electron chi connectivity index (χ3n) is 2.78. The van der Waals surface area contributed by atoms with Gasteiger partial charge in [0.15, 0.2) is 0 Å². The summed E-state index contributed by atoms with van der Waals surface area (Å²) in [7, 11) is 0. The number of hydrogen-bond donors (Lipinski definition) is 1. The zero-order valence-corrected chi connectivity index (χ0v) is 10.4. The van der Waals surface area contributed by atoms with Crippen molar-refractivity contribution >= 4 is 5.97 Å². The monoisotopic (exact) mass is 220 g/mol. The van der Waals surface area contributed by atoms with Crippen LogP contribution in [0.5, 0.6) is 0 Å². The molecule has 0 spiro atoms. The largest absolute Gasteiger partial charge is 0.481 e. The fourth-order valence-corrected chi connectivity index (χ4v) is 1.58. The van der Waals surface area contributed by atoms with E-state index in [1.807, 2.05) is 12.1 Å². The van der Waals surface area contributed by atoms with Crippen LogP contribution in [0.3, 0.4) is 0 Å². The van der Waals surface area contributed by atoms with Crippen molar-refractivity contribution in [2.75, 3.05) is 0 Å². The Morgan fingerprint density at radius 3 is 2.12 bits per heavy atom. The van der Waals surface area contributed by atoms with Crippen molar-refractivity contribution in [1.29, 1.82) is 0 Å². The van der Waals surface area contributed by atoms with Crippen LogP contribution in [0.15, 0.2) is 24.3 Å². The van der Waals surface area contributed by atoms with Gasteiger partial charge in [0, 0.05) is 0 Å². The molecule has 0 heterocycles. The first-order valence-electron chi connectivity index (χ1n) is 5.63. The summed E-state index contributed by atoms with van der Waals surface area (Å²) in [5.74, 6) is -1.06. The van der Waals surface area contributed by atoms with E-state index in [4.69, 9.17) is 5.11 Å². The first-order valence-corrected chi connectivity index (χ1v) is 5.63. The van der Waals surface area contributed by atoms with Crippen molar-refractivity contribution in [2.24, 2.45) is 5.92 Å². The summed E-state index contributed by atoms with van der Waals surface area (Å²) >= 11 is 0. The molecular formula is C14H20O2. The highest BCUT2D eigenvalue weighted by atomic mass is 16.4. The Bertz CT molecular complexity index is 357. The lowest BCUT2D eigenvalue weighted by molar-refractivity contribution is -0.141. The summed E-state index contributed by atoms with van der Waals surface area (Å²) in [5, 5.41) is 8.83. The Balaban J connectivity index is 2.76. The fraction of sp³-hybridized carbons (Fsp3) is 0.500. The smallest absolute Gasteiger partial charge is 0.306 e. The summed E-state index contributed by atoms with van der Waals surface area (Å²) < 4.78 is 0. The Labute approximate surface area is 97.3 Å². The zero-order chi connectivity index (χ0) is 12.3. The molecule has 0 bridgehead atoms. The van der Waals surface area contributed by atoms with Gasteiger partial charge in [0.1, 0.15) is 0 Å². The molecular weight excluding hydrogens is 200 g/mol. The van der Waals surface area contributed by atoms with Crippen LogP contribution in [0, 0.1) is 5.92 Å². The van der Waals surface area contributed by atoms with Crippen LogP contribution in [0.4, 0.5) is 0 Å². The van der Waals surface area contributed by atoms with Crippen LogP contribution in [0.1, 0.15) is 38.8 Å². The van der Waals surface area contributed by atoms with Crippen molar-refractivity contribution in [3.8, 4) is 0 Å². The summed E-state index contributed by atoms with van der Waals surface area (Å²) in [6.07, 6.45) is 0.597. The minimum Gasteiger partial charge on any atom is -0.481 e. The molecule has 0 aromatic heterocycles. The number of carboxylic acid groups (broad SMARTS) is 1. The molecule has 0 aliphatic rings. The highest BCUT2D eigenvalue weighted by molar-refractivity contribution is 5.69. The van der Waals surface area contributed by atoms with E-state index in [0.717, 1.165) is 5.56 Å². The summed E-state index contributed by atoms with van der Waals surface area (Å²) in [4.78, 5) is 10.7. The highest BCUT2D eigenvalue weighted by Gasteiger charge is 2.14. The van der Waals surface area contributed by atoms with E-state index in [-0.39, 0.29) is 11.3 Å². The maximum absolute atomic E-state index is 10.7. The summed E-state index contributed by atoms with van der Waals surface area (Å²) in [6.45, 7) is 8.24. The molecule has 1 unspecified atom stereocenters. The molecule has 88 valence electrons. The predicted molar refractivity (Wildman–Crippen MR) is 65.6 cm³/mol. The van der Waals surface area contributed by atoms with Gasteiger partial charge in [-0.3, -0.25) is 4.79 Å². The lowest BCUT2D eigenvalue weighted by atomic mass is 9.86. The van der Waals surface area contributed by atoms with E-state index in [1.54, 1.807) is 6.92 Å². The second-order valence-electron chi connectivity index (χ2n) is 5.39. The Hall–Kier alpha value is -1.31. The standard InChI is InChI=1S/C14H20O2/c1-10(13(15)16)9-11-5-7-12(8-6-11)14(2,3)4/h5-8,10H,9H2,1-4H3,(H,15,16). The van der Waals surface area contributed by atoms with Crippen LogP contribution in [-0.2, 0) is 16.6 Å². The number of carboxylic acids is 1. The molecule has 0 saturated heterocycles. The van der Waals surface area contributed by atoms with Gasteiger partial charge in [0.25, 0.3) is 0 Å². The first-order chi connectivity index (χ1) is 7.30. The van der Waals surface area contributed by atoms with Crippen molar-refractivity contribution in [3.05, 3.63) is 35.4 Å². The molecule has 0 saturated carbocycles. The minimum atomic E-state index is -0.736. The average Bonchev–Trinajstić information content (AvgIpc) is 2.17. The second-order valence-corrected chi connectivity index (χ2v) is 5.39. The molecule has 0 aliphatic carbocycles. The predicted octanol–water partition coefficient (Wildman–Crippen LogP) is 3.25. The molecule has 0 fully saturated rings. The highest BCUT2D eigenvalue weighted by Crippen LogP contribution is 2.22. The van der Waals surface area contributed by atoms with Gasteiger partial charge in [-0.15, -0.1) is 0 Å². The number of rotatable bonds is 3. The quantitative estimate of drug-likeness (QED) is 0.849. The third kappa shape index (κ3) is 3.37. The van der Waals surface area contributed by atoms with Gasteiger partial charge in [0.2, 0.25) is 0 Å². The van der Waals surface area contributed by atoms with Crippen molar-refractivity contribution in [2.45, 2.75) is 39.5 Å². The number of benzene rings is 1. The molecule has 1 aromatic carbocycles. The van der Waals surface area contributed by atoms with E-state index in [2.05, 4.69) is 32.9 Å².